The maximum atomic E-state index is 12.0. The molecule has 1 aromatic rings. The van der Waals surface area contributed by atoms with E-state index in [4.69, 9.17) is 11.6 Å². The lowest BCUT2D eigenvalue weighted by atomic mass is 10.0. The number of aromatic nitrogens is 1. The molecule has 0 bridgehead atoms. The number of nitrogens with zero attached hydrogens (tertiary/aromatic N) is 2. The average molecular weight is 243 g/mol. The number of pyridine rings is 1. The fourth-order valence-corrected chi connectivity index (χ4v) is 1.28. The van der Waals surface area contributed by atoms with Crippen LogP contribution < -0.4 is 0 Å². The summed E-state index contributed by atoms with van der Waals surface area (Å²) in [5.41, 5.74) is -0.142. The summed E-state index contributed by atoms with van der Waals surface area (Å²) in [6.45, 7) is 3.47. The number of rotatable bonds is 3. The number of aliphatic hydroxyl groups is 1. The van der Waals surface area contributed by atoms with Gasteiger partial charge in [0.1, 0.15) is 5.15 Å². The second kappa shape index (κ2) is 4.80. The number of halogens is 1. The predicted octanol–water partition coefficient (Wildman–Crippen LogP) is 1.58. The molecule has 0 unspecified atom stereocenters. The molecule has 1 heterocycles. The fourth-order valence-electron chi connectivity index (χ4n) is 1.11. The van der Waals surface area contributed by atoms with Crippen molar-refractivity contribution in [1.82, 2.24) is 9.88 Å². The molecule has 4 nitrogen and oxygen atoms in total. The summed E-state index contributed by atoms with van der Waals surface area (Å²) in [6.07, 6.45) is 1.48. The molecular formula is C11H15ClN2O2. The predicted molar refractivity (Wildman–Crippen MR) is 62.5 cm³/mol. The highest BCUT2D eigenvalue weighted by molar-refractivity contribution is 6.29. The molecule has 16 heavy (non-hydrogen) atoms. The zero-order valence-corrected chi connectivity index (χ0v) is 10.3. The maximum Gasteiger partial charge on any atom is 0.254 e. The molecule has 0 saturated carbocycles. The number of aliphatic hydroxyl groups excluding tert-OH is 1. The molecule has 1 rings (SSSR count). The minimum Gasteiger partial charge on any atom is -0.394 e. The summed E-state index contributed by atoms with van der Waals surface area (Å²) in [7, 11) is 1.65. The summed E-state index contributed by atoms with van der Waals surface area (Å²) in [6, 6.07) is 3.10. The summed E-state index contributed by atoms with van der Waals surface area (Å²) in [5, 5.41) is 9.46. The van der Waals surface area contributed by atoms with E-state index in [1.165, 1.54) is 17.2 Å². The Morgan fingerprint density at radius 3 is 2.75 bits per heavy atom. The van der Waals surface area contributed by atoms with Crippen molar-refractivity contribution >= 4 is 17.5 Å². The third kappa shape index (κ3) is 2.71. The Morgan fingerprint density at radius 2 is 2.25 bits per heavy atom. The molecule has 0 aliphatic rings. The van der Waals surface area contributed by atoms with Crippen molar-refractivity contribution in [3.63, 3.8) is 0 Å². The molecule has 1 N–H and O–H groups in total. The SMILES string of the molecule is CN(C(=O)c1ccnc(Cl)c1)C(C)(C)CO. The van der Waals surface area contributed by atoms with E-state index >= 15 is 0 Å². The Kier molecular flexibility index (Phi) is 3.88. The van der Waals surface area contributed by atoms with Crippen LogP contribution in [0.1, 0.15) is 24.2 Å². The molecular weight excluding hydrogens is 228 g/mol. The van der Waals surface area contributed by atoms with Crippen LogP contribution in [0.25, 0.3) is 0 Å². The highest BCUT2D eigenvalue weighted by atomic mass is 35.5. The fraction of sp³-hybridized carbons (Fsp3) is 0.455. The number of likely N-dealkylation sites (N-methyl/N-ethyl adjacent to an activating group) is 1. The molecule has 1 aromatic heterocycles. The lowest BCUT2D eigenvalue weighted by molar-refractivity contribution is 0.0473. The van der Waals surface area contributed by atoms with Crippen LogP contribution in [0.5, 0.6) is 0 Å². The Morgan fingerprint density at radius 1 is 1.62 bits per heavy atom. The van der Waals surface area contributed by atoms with Crippen LogP contribution in [0.15, 0.2) is 18.3 Å². The van der Waals surface area contributed by atoms with Crippen LogP contribution in [0.4, 0.5) is 0 Å². The second-order valence-electron chi connectivity index (χ2n) is 4.20. The number of carbonyl (C=O) groups is 1. The van der Waals surface area contributed by atoms with E-state index in [1.807, 2.05) is 0 Å². The molecule has 1 amide bonds. The van der Waals surface area contributed by atoms with Gasteiger partial charge in [-0.3, -0.25) is 4.79 Å². The van der Waals surface area contributed by atoms with Gasteiger partial charge in [0.2, 0.25) is 0 Å². The van der Waals surface area contributed by atoms with Gasteiger partial charge in [0, 0.05) is 18.8 Å². The van der Waals surface area contributed by atoms with Crippen molar-refractivity contribution < 1.29 is 9.90 Å². The first kappa shape index (κ1) is 12.9. The minimum absolute atomic E-state index is 0.103. The number of hydrogen-bond acceptors (Lipinski definition) is 3. The normalized spacial score (nSPS) is 11.3. The molecule has 0 radical (unpaired) electrons. The first-order chi connectivity index (χ1) is 7.38. The average Bonchev–Trinajstić information content (AvgIpc) is 2.27. The van der Waals surface area contributed by atoms with Crippen LogP contribution in [0, 0.1) is 0 Å². The van der Waals surface area contributed by atoms with Gasteiger partial charge in [-0.05, 0) is 26.0 Å². The number of amides is 1. The topological polar surface area (TPSA) is 53.4 Å². The van der Waals surface area contributed by atoms with E-state index in [-0.39, 0.29) is 17.7 Å². The van der Waals surface area contributed by atoms with Gasteiger partial charge in [-0.1, -0.05) is 11.6 Å². The zero-order valence-electron chi connectivity index (χ0n) is 9.57. The van der Waals surface area contributed by atoms with Gasteiger partial charge >= 0.3 is 0 Å². The smallest absolute Gasteiger partial charge is 0.254 e. The standard InChI is InChI=1S/C11H15ClN2O2/c1-11(2,7-15)14(3)10(16)8-4-5-13-9(12)6-8/h4-6,15H,7H2,1-3H3. The first-order valence-electron chi connectivity index (χ1n) is 4.89. The lowest BCUT2D eigenvalue weighted by Crippen LogP contribution is -2.47. The van der Waals surface area contributed by atoms with Gasteiger partial charge < -0.3 is 10.0 Å². The summed E-state index contributed by atoms with van der Waals surface area (Å²) in [5.74, 6) is -0.191. The molecule has 0 aliphatic carbocycles. The largest absolute Gasteiger partial charge is 0.394 e. The van der Waals surface area contributed by atoms with Gasteiger partial charge in [0.15, 0.2) is 0 Å². The van der Waals surface area contributed by atoms with Gasteiger partial charge in [-0.2, -0.15) is 0 Å². The zero-order chi connectivity index (χ0) is 12.3. The second-order valence-corrected chi connectivity index (χ2v) is 4.59. The van der Waals surface area contributed by atoms with Crippen molar-refractivity contribution in [3.8, 4) is 0 Å². The Balaban J connectivity index is 2.95. The van der Waals surface area contributed by atoms with Crippen molar-refractivity contribution in [2.24, 2.45) is 0 Å². The molecule has 88 valence electrons. The van der Waals surface area contributed by atoms with Gasteiger partial charge in [0.25, 0.3) is 5.91 Å². The molecule has 0 saturated heterocycles. The van der Waals surface area contributed by atoms with Crippen LogP contribution >= 0.6 is 11.6 Å². The Bertz CT molecular complexity index is 393. The number of carbonyl (C=O) groups excluding carboxylic acids is 1. The molecule has 0 aliphatic heterocycles. The highest BCUT2D eigenvalue weighted by Gasteiger charge is 2.27. The molecule has 0 spiro atoms. The van der Waals surface area contributed by atoms with Crippen LogP contribution in [0.3, 0.4) is 0 Å². The molecule has 0 fully saturated rings. The third-order valence-corrected chi connectivity index (χ3v) is 2.78. The molecule has 5 heteroatoms. The third-order valence-electron chi connectivity index (χ3n) is 2.57. The van der Waals surface area contributed by atoms with Crippen LogP contribution in [0.2, 0.25) is 5.15 Å². The van der Waals surface area contributed by atoms with Crippen molar-refractivity contribution in [3.05, 3.63) is 29.0 Å². The molecule has 0 atom stereocenters. The van der Waals surface area contributed by atoms with E-state index in [2.05, 4.69) is 4.98 Å². The highest BCUT2D eigenvalue weighted by Crippen LogP contribution is 2.16. The van der Waals surface area contributed by atoms with E-state index < -0.39 is 5.54 Å². The maximum absolute atomic E-state index is 12.0. The van der Waals surface area contributed by atoms with Crippen molar-refractivity contribution in [2.45, 2.75) is 19.4 Å². The van der Waals surface area contributed by atoms with Crippen molar-refractivity contribution in [2.75, 3.05) is 13.7 Å². The van der Waals surface area contributed by atoms with Crippen LogP contribution in [-0.4, -0.2) is 40.1 Å². The van der Waals surface area contributed by atoms with Gasteiger partial charge in [0.05, 0.1) is 12.1 Å². The molecule has 0 aromatic carbocycles. The van der Waals surface area contributed by atoms with E-state index in [0.29, 0.717) is 5.56 Å². The first-order valence-corrected chi connectivity index (χ1v) is 5.27. The van der Waals surface area contributed by atoms with Gasteiger partial charge in [-0.15, -0.1) is 0 Å². The minimum atomic E-state index is -0.604. The van der Waals surface area contributed by atoms with Gasteiger partial charge in [-0.25, -0.2) is 4.98 Å². The monoisotopic (exact) mass is 242 g/mol. The lowest BCUT2D eigenvalue weighted by Gasteiger charge is -2.33. The summed E-state index contributed by atoms with van der Waals surface area (Å²) in [4.78, 5) is 17.3. The Labute approximate surface area is 99.9 Å². The quantitative estimate of drug-likeness (QED) is 0.819. The summed E-state index contributed by atoms with van der Waals surface area (Å²) >= 11 is 5.71. The van der Waals surface area contributed by atoms with Crippen molar-refractivity contribution in [1.29, 1.82) is 0 Å². The Hall–Kier alpha value is -1.13. The number of hydrogen-bond donors (Lipinski definition) is 1. The van der Waals surface area contributed by atoms with E-state index in [9.17, 15) is 9.90 Å². The van der Waals surface area contributed by atoms with E-state index in [1.54, 1.807) is 27.0 Å². The van der Waals surface area contributed by atoms with E-state index in [0.717, 1.165) is 0 Å². The van der Waals surface area contributed by atoms with Crippen LogP contribution in [-0.2, 0) is 0 Å². The summed E-state index contributed by atoms with van der Waals surface area (Å²) < 4.78 is 0.